The van der Waals surface area contributed by atoms with Crippen molar-refractivity contribution in [2.45, 2.75) is 13.3 Å². The van der Waals surface area contributed by atoms with Crippen LogP contribution in [0.5, 0.6) is 0 Å². The molecule has 5 N–H and O–H groups in total. The lowest BCUT2D eigenvalue weighted by Crippen LogP contribution is -2.31. The Morgan fingerprint density at radius 3 is 2.50 bits per heavy atom. The number of hydrogen-bond donors (Lipinski definition) is 3. The van der Waals surface area contributed by atoms with Gasteiger partial charge in [0.15, 0.2) is 0 Å². The maximum Gasteiger partial charge on any atom is 0.261 e. The van der Waals surface area contributed by atoms with E-state index in [-0.39, 0.29) is 5.95 Å². The fraction of sp³-hybridized carbons (Fsp3) is 0.412. The molecule has 0 radical (unpaired) electrons. The van der Waals surface area contributed by atoms with E-state index in [0.717, 1.165) is 16.8 Å². The second kappa shape index (κ2) is 10.5. The molecule has 0 aliphatic carbocycles. The van der Waals surface area contributed by atoms with Crippen molar-refractivity contribution in [2.24, 2.45) is 10.3 Å². The highest BCUT2D eigenvalue weighted by atomic mass is 35.5. The monoisotopic (exact) mass is 457 g/mol. The molecule has 1 fully saturated rings. The van der Waals surface area contributed by atoms with Crippen molar-refractivity contribution < 1.29 is 17.7 Å². The second-order valence-electron chi connectivity index (χ2n) is 6.30. The van der Waals surface area contributed by atoms with Crippen LogP contribution in [-0.4, -0.2) is 60.5 Å². The molecule has 0 unspecified atom stereocenters. The van der Waals surface area contributed by atoms with Crippen LogP contribution in [0.15, 0.2) is 28.5 Å². The zero-order chi connectivity index (χ0) is 22.3. The molecule has 0 bridgehead atoms. The standard InChI is InChI=1S/C16H20ClN7O.CH4O3S/c1-2-12-14(15(18)21-16(19)20-12)10-3-4-11(17)13(9-10)22-23-24-5-7-25-8-6-24;1-5(2,3)4/h3-4,9H,2,5-8H2,1H3,(H4,18,19,20,21);1H3,(H,2,3,4). The molecular weight excluding hydrogens is 434 g/mol. The zero-order valence-corrected chi connectivity index (χ0v) is 18.2. The number of aromatic nitrogens is 2. The average Bonchev–Trinajstić information content (AvgIpc) is 2.66. The van der Waals surface area contributed by atoms with Crippen LogP contribution in [0.1, 0.15) is 12.6 Å². The Kier molecular flexibility index (Phi) is 8.29. The lowest BCUT2D eigenvalue weighted by atomic mass is 10.0. The minimum Gasteiger partial charge on any atom is -0.383 e. The third kappa shape index (κ3) is 7.37. The Morgan fingerprint density at radius 2 is 1.90 bits per heavy atom. The van der Waals surface area contributed by atoms with Gasteiger partial charge in [0.2, 0.25) is 5.95 Å². The van der Waals surface area contributed by atoms with Crippen LogP contribution in [0.3, 0.4) is 0 Å². The summed E-state index contributed by atoms with van der Waals surface area (Å²) in [6.07, 6.45) is 1.40. The number of hydrogen-bond acceptors (Lipinski definition) is 9. The number of benzene rings is 1. The van der Waals surface area contributed by atoms with Crippen molar-refractivity contribution in [3.8, 4) is 11.1 Å². The molecule has 1 saturated heterocycles. The molecule has 0 amide bonds. The van der Waals surface area contributed by atoms with Gasteiger partial charge in [-0.3, -0.25) is 9.56 Å². The molecule has 1 aromatic heterocycles. The Hall–Kier alpha value is -2.54. The van der Waals surface area contributed by atoms with Gasteiger partial charge in [-0.15, -0.1) is 5.11 Å². The Morgan fingerprint density at radius 1 is 1.27 bits per heavy atom. The highest BCUT2D eigenvalue weighted by Crippen LogP contribution is 2.35. The number of aryl methyl sites for hydroxylation is 1. The maximum absolute atomic E-state index is 9.19. The first kappa shape index (κ1) is 23.7. The summed E-state index contributed by atoms with van der Waals surface area (Å²) in [7, 11) is -3.67. The van der Waals surface area contributed by atoms with Crippen LogP contribution in [0.2, 0.25) is 5.02 Å². The van der Waals surface area contributed by atoms with Crippen LogP contribution >= 0.6 is 11.6 Å². The van der Waals surface area contributed by atoms with Crippen LogP contribution < -0.4 is 11.5 Å². The van der Waals surface area contributed by atoms with Crippen LogP contribution in [0.4, 0.5) is 17.5 Å². The molecule has 164 valence electrons. The lowest BCUT2D eigenvalue weighted by Gasteiger charge is -2.22. The van der Waals surface area contributed by atoms with Gasteiger partial charge in [-0.2, -0.15) is 13.4 Å². The van der Waals surface area contributed by atoms with Gasteiger partial charge in [0.25, 0.3) is 10.1 Å². The van der Waals surface area contributed by atoms with E-state index in [0.29, 0.717) is 55.5 Å². The summed E-state index contributed by atoms with van der Waals surface area (Å²) in [6, 6.07) is 5.46. The maximum atomic E-state index is 9.19. The number of halogens is 1. The van der Waals surface area contributed by atoms with E-state index in [4.69, 9.17) is 32.4 Å². The smallest absolute Gasteiger partial charge is 0.261 e. The largest absolute Gasteiger partial charge is 0.383 e. The molecule has 0 atom stereocenters. The number of nitrogen functional groups attached to an aromatic ring is 2. The van der Waals surface area contributed by atoms with Crippen LogP contribution in [0.25, 0.3) is 11.1 Å². The van der Waals surface area contributed by atoms with Crippen LogP contribution in [-0.2, 0) is 21.3 Å². The fourth-order valence-electron chi connectivity index (χ4n) is 2.62. The third-order valence-electron chi connectivity index (χ3n) is 3.87. The van der Waals surface area contributed by atoms with Crippen LogP contribution in [0, 0.1) is 0 Å². The number of anilines is 2. The minimum absolute atomic E-state index is 0.166. The van der Waals surface area contributed by atoms with Gasteiger partial charge in [-0.25, -0.2) is 4.98 Å². The quantitative estimate of drug-likeness (QED) is 0.460. The number of morpholine rings is 1. The van der Waals surface area contributed by atoms with Crippen molar-refractivity contribution in [1.29, 1.82) is 0 Å². The zero-order valence-electron chi connectivity index (χ0n) is 16.6. The Labute approximate surface area is 179 Å². The second-order valence-corrected chi connectivity index (χ2v) is 8.17. The molecule has 3 rings (SSSR count). The van der Waals surface area contributed by atoms with Gasteiger partial charge >= 0.3 is 0 Å². The summed E-state index contributed by atoms with van der Waals surface area (Å²) in [5.74, 6) is 0.502. The number of nitrogens with two attached hydrogens (primary N) is 2. The molecule has 11 nitrogen and oxygen atoms in total. The summed E-state index contributed by atoms with van der Waals surface area (Å²) in [5, 5.41) is 10.9. The van der Waals surface area contributed by atoms with E-state index >= 15 is 0 Å². The van der Waals surface area contributed by atoms with Crippen molar-refractivity contribution in [3.05, 3.63) is 28.9 Å². The summed E-state index contributed by atoms with van der Waals surface area (Å²) in [6.45, 7) is 4.69. The predicted octanol–water partition coefficient (Wildman–Crippen LogP) is 2.36. The van der Waals surface area contributed by atoms with Gasteiger partial charge in [0.1, 0.15) is 11.5 Å². The molecule has 13 heteroatoms. The molecule has 1 aliphatic rings. The first-order chi connectivity index (χ1) is 14.1. The summed E-state index contributed by atoms with van der Waals surface area (Å²) in [4.78, 5) is 8.34. The van der Waals surface area contributed by atoms with E-state index in [2.05, 4.69) is 20.3 Å². The number of rotatable bonds is 4. The Balaban J connectivity index is 0.000000575. The topological polar surface area (TPSA) is 169 Å². The van der Waals surface area contributed by atoms with Gasteiger partial charge in [-0.1, -0.05) is 29.8 Å². The van der Waals surface area contributed by atoms with Gasteiger partial charge in [-0.05, 0) is 24.1 Å². The predicted molar refractivity (Wildman–Crippen MR) is 115 cm³/mol. The van der Waals surface area contributed by atoms with Crippen molar-refractivity contribution in [1.82, 2.24) is 15.0 Å². The average molecular weight is 458 g/mol. The summed E-state index contributed by atoms with van der Waals surface area (Å²) < 4.78 is 31.2. The molecule has 1 aliphatic heterocycles. The highest BCUT2D eigenvalue weighted by molar-refractivity contribution is 7.85. The van der Waals surface area contributed by atoms with E-state index in [1.807, 2.05) is 24.1 Å². The van der Waals surface area contributed by atoms with E-state index in [1.54, 1.807) is 6.07 Å². The molecular formula is C17H24ClN7O4S. The summed E-state index contributed by atoms with van der Waals surface area (Å²) >= 11 is 6.26. The van der Waals surface area contributed by atoms with E-state index in [9.17, 15) is 8.42 Å². The molecule has 0 spiro atoms. The van der Waals surface area contributed by atoms with Gasteiger partial charge < -0.3 is 16.2 Å². The molecule has 2 aromatic rings. The Bertz CT molecular complexity index is 1000. The van der Waals surface area contributed by atoms with Crippen molar-refractivity contribution in [3.63, 3.8) is 0 Å². The first-order valence-electron chi connectivity index (χ1n) is 8.97. The first-order valence-corrected chi connectivity index (χ1v) is 11.2. The van der Waals surface area contributed by atoms with Gasteiger partial charge in [0.05, 0.1) is 43.3 Å². The molecule has 2 heterocycles. The normalized spacial score (nSPS) is 14.5. The highest BCUT2D eigenvalue weighted by Gasteiger charge is 2.14. The summed E-state index contributed by atoms with van der Waals surface area (Å²) in [5.41, 5.74) is 14.7. The molecule has 0 saturated carbocycles. The SMILES string of the molecule is CCc1nc(N)nc(N)c1-c1ccc(Cl)c(N=NN2CCOCC2)c1.CS(=O)(=O)O. The van der Waals surface area contributed by atoms with Crippen molar-refractivity contribution in [2.75, 3.05) is 44.0 Å². The number of ether oxygens (including phenoxy) is 1. The number of nitrogens with zero attached hydrogens (tertiary/aromatic N) is 5. The molecule has 30 heavy (non-hydrogen) atoms. The fourth-order valence-corrected chi connectivity index (χ4v) is 2.77. The lowest BCUT2D eigenvalue weighted by molar-refractivity contribution is 0.0354. The van der Waals surface area contributed by atoms with Crippen molar-refractivity contribution >= 4 is 39.2 Å². The minimum atomic E-state index is -3.67. The third-order valence-corrected chi connectivity index (χ3v) is 4.18. The molecule has 1 aromatic carbocycles. The van der Waals surface area contributed by atoms with E-state index < -0.39 is 10.1 Å². The van der Waals surface area contributed by atoms with E-state index in [1.165, 1.54) is 0 Å². The van der Waals surface area contributed by atoms with Gasteiger partial charge in [0, 0.05) is 5.56 Å².